The normalized spacial score (nSPS) is 19.3. The van der Waals surface area contributed by atoms with Gasteiger partial charge in [0.2, 0.25) is 5.91 Å². The standard InChI is InChI=1S/C15H17NO2/c1-3-14(17)16-9-11-4-5-12(18-2)8-13(11)15(10-16)6-7-15/h3-5,8H,1,6-7,9-10H2,2H3. The fourth-order valence-electron chi connectivity index (χ4n) is 2.89. The molecule has 0 N–H and O–H groups in total. The first kappa shape index (κ1) is 11.3. The van der Waals surface area contributed by atoms with Crippen LogP contribution in [0.2, 0.25) is 0 Å². The van der Waals surface area contributed by atoms with Crippen molar-refractivity contribution in [3.63, 3.8) is 0 Å². The Labute approximate surface area is 107 Å². The molecule has 3 nitrogen and oxygen atoms in total. The lowest BCUT2D eigenvalue weighted by atomic mass is 9.86. The van der Waals surface area contributed by atoms with Gasteiger partial charge in [0.25, 0.3) is 0 Å². The third-order valence-electron chi connectivity index (χ3n) is 4.08. The van der Waals surface area contributed by atoms with Crippen molar-refractivity contribution >= 4 is 5.91 Å². The maximum atomic E-state index is 11.8. The highest BCUT2D eigenvalue weighted by molar-refractivity contribution is 5.87. The molecule has 0 aromatic heterocycles. The van der Waals surface area contributed by atoms with Gasteiger partial charge < -0.3 is 9.64 Å². The van der Waals surface area contributed by atoms with Crippen LogP contribution in [-0.4, -0.2) is 24.5 Å². The second kappa shape index (κ2) is 3.87. The van der Waals surface area contributed by atoms with Gasteiger partial charge in [-0.2, -0.15) is 0 Å². The highest BCUT2D eigenvalue weighted by Crippen LogP contribution is 2.53. The molecule has 0 unspecified atom stereocenters. The van der Waals surface area contributed by atoms with Crippen LogP contribution >= 0.6 is 0 Å². The van der Waals surface area contributed by atoms with Gasteiger partial charge in [-0.25, -0.2) is 0 Å². The van der Waals surface area contributed by atoms with Gasteiger partial charge in [0.15, 0.2) is 0 Å². The maximum absolute atomic E-state index is 11.8. The van der Waals surface area contributed by atoms with Crippen LogP contribution in [0.15, 0.2) is 30.9 Å². The van der Waals surface area contributed by atoms with Crippen LogP contribution in [0.5, 0.6) is 5.75 Å². The Morgan fingerprint density at radius 2 is 2.28 bits per heavy atom. The summed E-state index contributed by atoms with van der Waals surface area (Å²) in [6.07, 6.45) is 3.73. The van der Waals surface area contributed by atoms with E-state index in [4.69, 9.17) is 4.74 Å². The number of carbonyl (C=O) groups is 1. The Balaban J connectivity index is 2.00. The van der Waals surface area contributed by atoms with Crippen LogP contribution in [0.3, 0.4) is 0 Å². The Bertz CT molecular complexity index is 517. The van der Waals surface area contributed by atoms with Gasteiger partial charge in [-0.05, 0) is 42.2 Å². The van der Waals surface area contributed by atoms with Crippen molar-refractivity contribution in [3.05, 3.63) is 42.0 Å². The summed E-state index contributed by atoms with van der Waals surface area (Å²) in [4.78, 5) is 13.7. The second-order valence-electron chi connectivity index (χ2n) is 5.20. The minimum absolute atomic E-state index is 0.0303. The minimum atomic E-state index is 0.0303. The van der Waals surface area contributed by atoms with Crippen molar-refractivity contribution in [2.24, 2.45) is 0 Å². The van der Waals surface area contributed by atoms with E-state index in [9.17, 15) is 4.79 Å². The van der Waals surface area contributed by atoms with Gasteiger partial charge in [-0.15, -0.1) is 0 Å². The van der Waals surface area contributed by atoms with Crippen LogP contribution in [0.25, 0.3) is 0 Å². The summed E-state index contributed by atoms with van der Waals surface area (Å²) >= 11 is 0. The maximum Gasteiger partial charge on any atom is 0.246 e. The van der Waals surface area contributed by atoms with E-state index in [-0.39, 0.29) is 11.3 Å². The molecule has 1 fully saturated rings. The van der Waals surface area contributed by atoms with Crippen molar-refractivity contribution in [1.82, 2.24) is 4.90 Å². The molecule has 94 valence electrons. The first-order chi connectivity index (χ1) is 8.68. The fraction of sp³-hybridized carbons (Fsp3) is 0.400. The van der Waals surface area contributed by atoms with E-state index in [0.717, 1.165) is 25.1 Å². The number of ether oxygens (including phenoxy) is 1. The first-order valence-electron chi connectivity index (χ1n) is 6.27. The average molecular weight is 243 g/mol. The van der Waals surface area contributed by atoms with Gasteiger partial charge in [-0.1, -0.05) is 12.6 Å². The molecule has 0 atom stereocenters. The van der Waals surface area contributed by atoms with Gasteiger partial charge in [0, 0.05) is 18.5 Å². The van der Waals surface area contributed by atoms with Gasteiger partial charge in [0.05, 0.1) is 7.11 Å². The summed E-state index contributed by atoms with van der Waals surface area (Å²) in [5.41, 5.74) is 2.80. The number of carbonyl (C=O) groups excluding carboxylic acids is 1. The molecule has 0 saturated heterocycles. The molecule has 0 radical (unpaired) electrons. The van der Waals surface area contributed by atoms with E-state index in [0.29, 0.717) is 6.54 Å². The second-order valence-corrected chi connectivity index (χ2v) is 5.20. The molecular formula is C15H17NO2. The molecule has 1 aliphatic heterocycles. The zero-order valence-corrected chi connectivity index (χ0v) is 10.6. The molecule has 1 aromatic carbocycles. The van der Waals surface area contributed by atoms with Gasteiger partial charge >= 0.3 is 0 Å². The van der Waals surface area contributed by atoms with E-state index < -0.39 is 0 Å². The predicted molar refractivity (Wildman–Crippen MR) is 69.5 cm³/mol. The minimum Gasteiger partial charge on any atom is -0.497 e. The van der Waals surface area contributed by atoms with Crippen molar-refractivity contribution < 1.29 is 9.53 Å². The number of hydrogen-bond donors (Lipinski definition) is 0. The molecular weight excluding hydrogens is 226 g/mol. The number of methoxy groups -OCH3 is 1. The van der Waals surface area contributed by atoms with E-state index in [1.165, 1.54) is 17.2 Å². The number of amides is 1. The molecule has 1 aromatic rings. The zero-order chi connectivity index (χ0) is 12.8. The topological polar surface area (TPSA) is 29.5 Å². The lowest BCUT2D eigenvalue weighted by Gasteiger charge is -2.34. The third kappa shape index (κ3) is 1.62. The van der Waals surface area contributed by atoms with E-state index in [1.807, 2.05) is 11.0 Å². The van der Waals surface area contributed by atoms with E-state index in [1.54, 1.807) is 7.11 Å². The molecule has 1 saturated carbocycles. The Morgan fingerprint density at radius 3 is 2.89 bits per heavy atom. The fourth-order valence-corrected chi connectivity index (χ4v) is 2.89. The summed E-state index contributed by atoms with van der Waals surface area (Å²) in [5, 5.41) is 0. The largest absolute Gasteiger partial charge is 0.497 e. The molecule has 3 heteroatoms. The van der Waals surface area contributed by atoms with E-state index >= 15 is 0 Å². The summed E-state index contributed by atoms with van der Waals surface area (Å²) in [6, 6.07) is 6.19. The monoisotopic (exact) mass is 243 g/mol. The summed E-state index contributed by atoms with van der Waals surface area (Å²) < 4.78 is 5.30. The van der Waals surface area contributed by atoms with Crippen molar-refractivity contribution in [3.8, 4) is 5.75 Å². The van der Waals surface area contributed by atoms with Crippen LogP contribution < -0.4 is 4.74 Å². The van der Waals surface area contributed by atoms with Crippen LogP contribution in [0, 0.1) is 0 Å². The van der Waals surface area contributed by atoms with Crippen LogP contribution in [0.4, 0.5) is 0 Å². The SMILES string of the molecule is C=CC(=O)N1Cc2ccc(OC)cc2C2(CC2)C1. The molecule has 1 spiro atoms. The summed E-state index contributed by atoms with van der Waals surface area (Å²) in [7, 11) is 1.69. The lowest BCUT2D eigenvalue weighted by molar-refractivity contribution is -0.127. The highest BCUT2D eigenvalue weighted by atomic mass is 16.5. The quantitative estimate of drug-likeness (QED) is 0.746. The van der Waals surface area contributed by atoms with Gasteiger partial charge in [0.1, 0.15) is 5.75 Å². The molecule has 0 bridgehead atoms. The van der Waals surface area contributed by atoms with E-state index in [2.05, 4.69) is 18.7 Å². The average Bonchev–Trinajstić information content (AvgIpc) is 3.17. The van der Waals surface area contributed by atoms with Crippen molar-refractivity contribution in [2.75, 3.05) is 13.7 Å². The Kier molecular flexibility index (Phi) is 2.44. The number of hydrogen-bond acceptors (Lipinski definition) is 2. The number of rotatable bonds is 2. The molecule has 3 rings (SSSR count). The number of benzene rings is 1. The van der Waals surface area contributed by atoms with Crippen molar-refractivity contribution in [1.29, 1.82) is 0 Å². The highest BCUT2D eigenvalue weighted by Gasteiger charge is 2.49. The Morgan fingerprint density at radius 1 is 1.50 bits per heavy atom. The smallest absolute Gasteiger partial charge is 0.246 e. The third-order valence-corrected chi connectivity index (χ3v) is 4.08. The zero-order valence-electron chi connectivity index (χ0n) is 10.6. The van der Waals surface area contributed by atoms with Crippen LogP contribution in [-0.2, 0) is 16.8 Å². The molecule has 18 heavy (non-hydrogen) atoms. The lowest BCUT2D eigenvalue weighted by Crippen LogP contribution is -2.40. The van der Waals surface area contributed by atoms with Crippen LogP contribution in [0.1, 0.15) is 24.0 Å². The molecule has 1 heterocycles. The van der Waals surface area contributed by atoms with Crippen molar-refractivity contribution in [2.45, 2.75) is 24.8 Å². The first-order valence-corrected chi connectivity index (χ1v) is 6.27. The molecule has 2 aliphatic rings. The Hall–Kier alpha value is -1.77. The molecule has 1 amide bonds. The number of nitrogens with zero attached hydrogens (tertiary/aromatic N) is 1. The number of fused-ring (bicyclic) bond motifs is 2. The predicted octanol–water partition coefficient (Wildman–Crippen LogP) is 2.25. The van der Waals surface area contributed by atoms with Gasteiger partial charge in [-0.3, -0.25) is 4.79 Å². The summed E-state index contributed by atoms with van der Waals surface area (Å²) in [6.45, 7) is 5.08. The summed E-state index contributed by atoms with van der Waals surface area (Å²) in [5.74, 6) is 0.936. The molecule has 1 aliphatic carbocycles.